The molecule has 5 nitrogen and oxygen atoms in total. The molecule has 1 aromatic rings. The van der Waals surface area contributed by atoms with Crippen LogP contribution in [-0.4, -0.2) is 23.3 Å². The predicted octanol–water partition coefficient (Wildman–Crippen LogP) is 2.42. The van der Waals surface area contributed by atoms with E-state index in [1.54, 1.807) is 12.1 Å². The summed E-state index contributed by atoms with van der Waals surface area (Å²) in [4.78, 5) is 47.2. The Bertz CT molecular complexity index is 623. The average Bonchev–Trinajstić information content (AvgIpc) is 2.40. The maximum absolute atomic E-state index is 12.4. The predicted molar refractivity (Wildman–Crippen MR) is 77.4 cm³/mol. The molecule has 1 fully saturated rings. The molecule has 1 aliphatic carbocycles. The van der Waals surface area contributed by atoms with Gasteiger partial charge in [-0.1, -0.05) is 17.7 Å². The summed E-state index contributed by atoms with van der Waals surface area (Å²) < 4.78 is 0. The lowest BCUT2D eigenvalue weighted by atomic mass is 9.81. The topological polar surface area (TPSA) is 80.3 Å². The number of hydrogen-bond acceptors (Lipinski definition) is 4. The molecule has 0 unspecified atom stereocenters. The lowest BCUT2D eigenvalue weighted by Gasteiger charge is -2.19. The molecule has 0 aromatic heterocycles. The number of benzene rings is 1. The highest BCUT2D eigenvalue weighted by molar-refractivity contribution is 6.38. The standard InChI is InChI=1S/C15H14ClNO4/c1-8(18)17-10-5-2-4-9(14(10)16)15(21)13-11(19)6-3-7-12(13)20/h2,4-5,13H,3,6-7H2,1H3,(H,17,18). The number of hydrogen-bond donors (Lipinski definition) is 1. The monoisotopic (exact) mass is 307 g/mol. The van der Waals surface area contributed by atoms with Gasteiger partial charge in [-0.2, -0.15) is 0 Å². The van der Waals surface area contributed by atoms with Crippen molar-refractivity contribution in [2.45, 2.75) is 26.2 Å². The van der Waals surface area contributed by atoms with Crippen LogP contribution < -0.4 is 5.32 Å². The van der Waals surface area contributed by atoms with Crippen molar-refractivity contribution in [3.63, 3.8) is 0 Å². The molecule has 21 heavy (non-hydrogen) atoms. The summed E-state index contributed by atoms with van der Waals surface area (Å²) in [5.41, 5.74) is 0.363. The number of halogens is 1. The van der Waals surface area contributed by atoms with Crippen molar-refractivity contribution >= 4 is 40.5 Å². The fourth-order valence-electron chi connectivity index (χ4n) is 2.36. The molecule has 2 rings (SSSR count). The lowest BCUT2D eigenvalue weighted by molar-refractivity contribution is -0.133. The Labute approximate surface area is 126 Å². The number of anilines is 1. The van der Waals surface area contributed by atoms with Gasteiger partial charge in [0.15, 0.2) is 17.3 Å². The van der Waals surface area contributed by atoms with Crippen molar-refractivity contribution in [2.75, 3.05) is 5.32 Å². The van der Waals surface area contributed by atoms with Crippen molar-refractivity contribution in [3.8, 4) is 0 Å². The zero-order valence-electron chi connectivity index (χ0n) is 11.4. The summed E-state index contributed by atoms with van der Waals surface area (Å²) in [6.07, 6.45) is 0.942. The first-order valence-electron chi connectivity index (χ1n) is 6.57. The minimum atomic E-state index is -1.26. The molecule has 1 aliphatic rings. The van der Waals surface area contributed by atoms with Gasteiger partial charge in [0.05, 0.1) is 10.7 Å². The molecule has 0 saturated heterocycles. The zero-order valence-corrected chi connectivity index (χ0v) is 12.2. The van der Waals surface area contributed by atoms with Gasteiger partial charge in [-0.15, -0.1) is 0 Å². The Morgan fingerprint density at radius 3 is 2.38 bits per heavy atom. The Hall–Kier alpha value is -2.01. The van der Waals surface area contributed by atoms with E-state index in [9.17, 15) is 19.2 Å². The number of Topliss-reactive ketones (excluding diaryl/α,β-unsaturated/α-hetero) is 3. The summed E-state index contributed by atoms with van der Waals surface area (Å²) in [5.74, 6) is -2.91. The van der Waals surface area contributed by atoms with Crippen molar-refractivity contribution in [3.05, 3.63) is 28.8 Å². The van der Waals surface area contributed by atoms with E-state index in [0.717, 1.165) is 0 Å². The van der Waals surface area contributed by atoms with Gasteiger partial charge in [-0.05, 0) is 18.6 Å². The SMILES string of the molecule is CC(=O)Nc1cccc(C(=O)C2C(=O)CCCC2=O)c1Cl. The Kier molecular flexibility index (Phi) is 4.53. The first kappa shape index (κ1) is 15.4. The van der Waals surface area contributed by atoms with Crippen LogP contribution >= 0.6 is 11.6 Å². The third kappa shape index (κ3) is 3.19. The van der Waals surface area contributed by atoms with E-state index in [1.165, 1.54) is 13.0 Å². The maximum Gasteiger partial charge on any atom is 0.221 e. The molecule has 0 heterocycles. The van der Waals surface area contributed by atoms with Crippen LogP contribution in [0.4, 0.5) is 5.69 Å². The number of ketones is 3. The van der Waals surface area contributed by atoms with Crippen LogP contribution in [0.15, 0.2) is 18.2 Å². The molecule has 1 N–H and O–H groups in total. The van der Waals surface area contributed by atoms with E-state index < -0.39 is 11.7 Å². The third-order valence-electron chi connectivity index (χ3n) is 3.33. The zero-order chi connectivity index (χ0) is 15.6. The van der Waals surface area contributed by atoms with Gasteiger partial charge in [0.25, 0.3) is 0 Å². The molecule has 0 atom stereocenters. The van der Waals surface area contributed by atoms with Gasteiger partial charge in [0, 0.05) is 25.3 Å². The molecule has 0 radical (unpaired) electrons. The van der Waals surface area contributed by atoms with Crippen LogP contribution in [0.3, 0.4) is 0 Å². The highest BCUT2D eigenvalue weighted by atomic mass is 35.5. The van der Waals surface area contributed by atoms with E-state index in [2.05, 4.69) is 5.32 Å². The van der Waals surface area contributed by atoms with Crippen LogP contribution in [0.1, 0.15) is 36.5 Å². The van der Waals surface area contributed by atoms with Crippen molar-refractivity contribution in [2.24, 2.45) is 5.92 Å². The largest absolute Gasteiger partial charge is 0.325 e. The number of carbonyl (C=O) groups is 4. The van der Waals surface area contributed by atoms with Gasteiger partial charge in [0.2, 0.25) is 5.91 Å². The fourth-order valence-corrected chi connectivity index (χ4v) is 2.63. The second kappa shape index (κ2) is 6.18. The Morgan fingerprint density at radius 2 is 1.81 bits per heavy atom. The average molecular weight is 308 g/mol. The first-order valence-corrected chi connectivity index (χ1v) is 6.95. The summed E-state index contributed by atoms with van der Waals surface area (Å²) in [5, 5.41) is 2.55. The van der Waals surface area contributed by atoms with Gasteiger partial charge >= 0.3 is 0 Å². The molecule has 1 saturated carbocycles. The highest BCUT2D eigenvalue weighted by Crippen LogP contribution is 2.30. The fraction of sp³-hybridized carbons (Fsp3) is 0.333. The number of carbonyl (C=O) groups excluding carboxylic acids is 4. The van der Waals surface area contributed by atoms with Crippen molar-refractivity contribution in [1.29, 1.82) is 0 Å². The number of rotatable bonds is 3. The second-order valence-electron chi connectivity index (χ2n) is 4.93. The minimum absolute atomic E-state index is 0.0453. The Morgan fingerprint density at radius 1 is 1.19 bits per heavy atom. The molecule has 110 valence electrons. The lowest BCUT2D eigenvalue weighted by Crippen LogP contribution is -2.35. The molecule has 1 amide bonds. The van der Waals surface area contributed by atoms with Crippen molar-refractivity contribution in [1.82, 2.24) is 0 Å². The maximum atomic E-state index is 12.4. The normalized spacial score (nSPS) is 15.9. The van der Waals surface area contributed by atoms with Gasteiger partial charge in [-0.3, -0.25) is 19.2 Å². The smallest absolute Gasteiger partial charge is 0.221 e. The van der Waals surface area contributed by atoms with Crippen LogP contribution in [0.25, 0.3) is 0 Å². The van der Waals surface area contributed by atoms with Crippen LogP contribution in [0.2, 0.25) is 5.02 Å². The minimum Gasteiger partial charge on any atom is -0.325 e. The van der Waals surface area contributed by atoms with E-state index in [0.29, 0.717) is 6.42 Å². The molecular formula is C15H14ClNO4. The Balaban J connectivity index is 2.37. The van der Waals surface area contributed by atoms with Crippen molar-refractivity contribution < 1.29 is 19.2 Å². The molecule has 1 aromatic carbocycles. The summed E-state index contributed by atoms with van der Waals surface area (Å²) >= 11 is 6.10. The van der Waals surface area contributed by atoms with Crippen LogP contribution in [0, 0.1) is 5.92 Å². The van der Waals surface area contributed by atoms with Gasteiger partial charge in [-0.25, -0.2) is 0 Å². The van der Waals surface area contributed by atoms with Gasteiger partial charge in [0.1, 0.15) is 5.92 Å². The first-order chi connectivity index (χ1) is 9.91. The molecule has 6 heteroatoms. The number of amides is 1. The number of nitrogens with one attached hydrogen (secondary N) is 1. The highest BCUT2D eigenvalue weighted by Gasteiger charge is 2.37. The molecule has 0 aliphatic heterocycles. The second-order valence-corrected chi connectivity index (χ2v) is 5.31. The summed E-state index contributed by atoms with van der Waals surface area (Å²) in [6.45, 7) is 1.32. The molecular weight excluding hydrogens is 294 g/mol. The van der Waals surface area contributed by atoms with E-state index >= 15 is 0 Å². The van der Waals surface area contributed by atoms with E-state index in [-0.39, 0.29) is 46.6 Å². The summed E-state index contributed by atoms with van der Waals surface area (Å²) in [6, 6.07) is 4.54. The molecule has 0 spiro atoms. The summed E-state index contributed by atoms with van der Waals surface area (Å²) in [7, 11) is 0. The van der Waals surface area contributed by atoms with Crippen LogP contribution in [0.5, 0.6) is 0 Å². The van der Waals surface area contributed by atoms with E-state index in [1.807, 2.05) is 0 Å². The van der Waals surface area contributed by atoms with E-state index in [4.69, 9.17) is 11.6 Å². The molecule has 0 bridgehead atoms. The van der Waals surface area contributed by atoms with Crippen LogP contribution in [-0.2, 0) is 14.4 Å². The quantitative estimate of drug-likeness (QED) is 0.687. The third-order valence-corrected chi connectivity index (χ3v) is 3.73. The van der Waals surface area contributed by atoms with Gasteiger partial charge < -0.3 is 5.32 Å².